The van der Waals surface area contributed by atoms with Gasteiger partial charge in [0.2, 0.25) is 5.82 Å². The molecule has 0 unspecified atom stereocenters. The predicted molar refractivity (Wildman–Crippen MR) is 100.0 cm³/mol. The minimum atomic E-state index is -0.251. The second kappa shape index (κ2) is 7.43. The van der Waals surface area contributed by atoms with Crippen molar-refractivity contribution in [3.8, 4) is 11.4 Å². The van der Waals surface area contributed by atoms with Gasteiger partial charge in [0.05, 0.1) is 6.20 Å². The number of amides is 1. The Bertz CT molecular complexity index is 1090. The van der Waals surface area contributed by atoms with Crippen molar-refractivity contribution in [2.45, 2.75) is 20.1 Å². The number of hydrogen-bond acceptors (Lipinski definition) is 6. The summed E-state index contributed by atoms with van der Waals surface area (Å²) in [5.74, 6) is 0.288. The number of rotatable bonds is 6. The van der Waals surface area contributed by atoms with Crippen LogP contribution in [0.15, 0.2) is 48.8 Å². The zero-order valence-corrected chi connectivity index (χ0v) is 15.5. The van der Waals surface area contributed by atoms with Gasteiger partial charge in [-0.15, -0.1) is 15.0 Å². The molecule has 142 valence electrons. The van der Waals surface area contributed by atoms with Crippen molar-refractivity contribution in [3.63, 3.8) is 0 Å². The van der Waals surface area contributed by atoms with Gasteiger partial charge in [-0.25, -0.2) is 4.68 Å². The highest BCUT2D eigenvalue weighted by atomic mass is 16.1. The maximum Gasteiger partial charge on any atom is 0.272 e. The molecule has 1 aromatic carbocycles. The lowest BCUT2D eigenvalue weighted by Gasteiger charge is -2.03. The zero-order chi connectivity index (χ0) is 19.5. The van der Waals surface area contributed by atoms with Crippen LogP contribution < -0.4 is 5.32 Å². The Balaban J connectivity index is 1.38. The lowest BCUT2D eigenvalue weighted by molar-refractivity contribution is 0.0944. The summed E-state index contributed by atoms with van der Waals surface area (Å²) in [6, 6.07) is 11.3. The molecule has 28 heavy (non-hydrogen) atoms. The summed E-state index contributed by atoms with van der Waals surface area (Å²) < 4.78 is 3.35. The molecule has 0 aliphatic carbocycles. The summed E-state index contributed by atoms with van der Waals surface area (Å²) in [5.41, 5.74) is 3.19. The molecule has 3 aromatic heterocycles. The number of aromatic nitrogens is 8. The third-order valence-electron chi connectivity index (χ3n) is 4.41. The van der Waals surface area contributed by atoms with Crippen LogP contribution in [0.4, 0.5) is 0 Å². The Morgan fingerprint density at radius 1 is 1.14 bits per heavy atom. The van der Waals surface area contributed by atoms with E-state index >= 15 is 0 Å². The Kier molecular flexibility index (Phi) is 4.67. The molecule has 10 nitrogen and oxygen atoms in total. The first-order valence-corrected chi connectivity index (χ1v) is 8.72. The Hall–Kier alpha value is -3.82. The first-order chi connectivity index (χ1) is 13.6. The molecule has 0 fully saturated rings. The minimum Gasteiger partial charge on any atom is -0.346 e. The van der Waals surface area contributed by atoms with Crippen LogP contribution in [-0.4, -0.2) is 45.7 Å². The van der Waals surface area contributed by atoms with Gasteiger partial charge in [0.25, 0.3) is 5.91 Å². The SMILES string of the molecule is Cc1c(CNC(=O)c2ccn(Cn3nnc(-c4ccccc4)n3)n2)cnn1C. The van der Waals surface area contributed by atoms with E-state index in [-0.39, 0.29) is 12.6 Å². The third kappa shape index (κ3) is 3.65. The van der Waals surface area contributed by atoms with Gasteiger partial charge in [0.1, 0.15) is 5.69 Å². The molecule has 3 heterocycles. The van der Waals surface area contributed by atoms with Gasteiger partial charge in [-0.2, -0.15) is 10.2 Å². The van der Waals surface area contributed by atoms with E-state index in [0.29, 0.717) is 18.1 Å². The van der Waals surface area contributed by atoms with Crippen LogP contribution in [0.1, 0.15) is 21.7 Å². The summed E-state index contributed by atoms with van der Waals surface area (Å²) in [5, 5.41) is 23.7. The van der Waals surface area contributed by atoms with Crippen LogP contribution in [0, 0.1) is 6.92 Å². The van der Waals surface area contributed by atoms with Crippen molar-refractivity contribution in [1.82, 2.24) is 45.1 Å². The normalized spacial score (nSPS) is 10.9. The average Bonchev–Trinajstić information content (AvgIpc) is 3.44. The second-order valence-corrected chi connectivity index (χ2v) is 6.29. The van der Waals surface area contributed by atoms with Gasteiger partial charge in [0, 0.05) is 36.6 Å². The largest absolute Gasteiger partial charge is 0.346 e. The van der Waals surface area contributed by atoms with E-state index in [1.807, 2.05) is 44.3 Å². The molecule has 0 atom stereocenters. The van der Waals surface area contributed by atoms with Crippen molar-refractivity contribution in [3.05, 3.63) is 65.7 Å². The van der Waals surface area contributed by atoms with Crippen molar-refractivity contribution >= 4 is 5.91 Å². The van der Waals surface area contributed by atoms with Crippen LogP contribution in [-0.2, 0) is 20.3 Å². The highest BCUT2D eigenvalue weighted by Gasteiger charge is 2.12. The standard InChI is InChI=1S/C18H19N9O/c1-13-15(11-20-25(13)2)10-19-18(28)16-8-9-26(22-16)12-27-23-17(21-24-27)14-6-4-3-5-7-14/h3-9,11H,10,12H2,1-2H3,(H,19,28). The van der Waals surface area contributed by atoms with E-state index in [4.69, 9.17) is 0 Å². The number of nitrogens with zero attached hydrogens (tertiary/aromatic N) is 8. The molecule has 0 aliphatic heterocycles. The number of tetrazole rings is 1. The molecule has 0 radical (unpaired) electrons. The third-order valence-corrected chi connectivity index (χ3v) is 4.41. The molecule has 1 amide bonds. The monoisotopic (exact) mass is 377 g/mol. The summed E-state index contributed by atoms with van der Waals surface area (Å²) in [6.45, 7) is 2.61. The van der Waals surface area contributed by atoms with Gasteiger partial charge < -0.3 is 5.32 Å². The molecular weight excluding hydrogens is 358 g/mol. The highest BCUT2D eigenvalue weighted by Crippen LogP contribution is 2.11. The summed E-state index contributed by atoms with van der Waals surface area (Å²) in [7, 11) is 1.86. The number of nitrogens with one attached hydrogen (secondary N) is 1. The van der Waals surface area contributed by atoms with Gasteiger partial charge in [0.15, 0.2) is 6.67 Å². The van der Waals surface area contributed by atoms with Gasteiger partial charge >= 0.3 is 0 Å². The first-order valence-electron chi connectivity index (χ1n) is 8.72. The quantitative estimate of drug-likeness (QED) is 0.537. The average molecular weight is 377 g/mol. The van der Waals surface area contributed by atoms with E-state index in [2.05, 4.69) is 30.9 Å². The van der Waals surface area contributed by atoms with Gasteiger partial charge in [-0.05, 0) is 18.2 Å². The smallest absolute Gasteiger partial charge is 0.272 e. The lowest BCUT2D eigenvalue weighted by atomic mass is 10.2. The maximum absolute atomic E-state index is 12.3. The van der Waals surface area contributed by atoms with Crippen LogP contribution in [0.5, 0.6) is 0 Å². The minimum absolute atomic E-state index is 0.251. The van der Waals surface area contributed by atoms with E-state index in [1.165, 1.54) is 4.80 Å². The van der Waals surface area contributed by atoms with Crippen LogP contribution >= 0.6 is 0 Å². The number of carbonyl (C=O) groups is 1. The van der Waals surface area contributed by atoms with E-state index < -0.39 is 0 Å². The fourth-order valence-corrected chi connectivity index (χ4v) is 2.68. The molecule has 1 N–H and O–H groups in total. The lowest BCUT2D eigenvalue weighted by Crippen LogP contribution is -2.24. The van der Waals surface area contributed by atoms with Crippen molar-refractivity contribution in [2.24, 2.45) is 7.05 Å². The number of carbonyl (C=O) groups excluding carboxylic acids is 1. The highest BCUT2D eigenvalue weighted by molar-refractivity contribution is 5.92. The number of aryl methyl sites for hydroxylation is 1. The van der Waals surface area contributed by atoms with Crippen LogP contribution in [0.3, 0.4) is 0 Å². The van der Waals surface area contributed by atoms with Gasteiger partial charge in [-0.1, -0.05) is 30.3 Å². The van der Waals surface area contributed by atoms with Crippen molar-refractivity contribution < 1.29 is 4.79 Å². The molecule has 0 bridgehead atoms. The molecule has 10 heteroatoms. The fraction of sp³-hybridized carbons (Fsp3) is 0.222. The van der Waals surface area contributed by atoms with E-state index in [0.717, 1.165) is 16.8 Å². The Morgan fingerprint density at radius 2 is 1.96 bits per heavy atom. The van der Waals surface area contributed by atoms with Gasteiger partial charge in [-0.3, -0.25) is 9.48 Å². The number of hydrogen-bond donors (Lipinski definition) is 1. The second-order valence-electron chi connectivity index (χ2n) is 6.29. The Morgan fingerprint density at radius 3 is 2.71 bits per heavy atom. The van der Waals surface area contributed by atoms with Crippen LogP contribution in [0.2, 0.25) is 0 Å². The molecule has 0 saturated heterocycles. The molecule has 4 rings (SSSR count). The van der Waals surface area contributed by atoms with E-state index in [1.54, 1.807) is 27.8 Å². The zero-order valence-electron chi connectivity index (χ0n) is 15.5. The predicted octanol–water partition coefficient (Wildman–Crippen LogP) is 1.01. The summed E-state index contributed by atoms with van der Waals surface area (Å²) in [6.07, 6.45) is 3.45. The maximum atomic E-state index is 12.3. The first kappa shape index (κ1) is 17.6. The summed E-state index contributed by atoms with van der Waals surface area (Å²) in [4.78, 5) is 13.8. The molecule has 0 aliphatic rings. The van der Waals surface area contributed by atoms with Crippen molar-refractivity contribution in [1.29, 1.82) is 0 Å². The topological polar surface area (TPSA) is 108 Å². The molecule has 4 aromatic rings. The summed E-state index contributed by atoms with van der Waals surface area (Å²) >= 11 is 0. The number of benzene rings is 1. The molecule has 0 spiro atoms. The molecule has 0 saturated carbocycles. The van der Waals surface area contributed by atoms with Crippen LogP contribution in [0.25, 0.3) is 11.4 Å². The van der Waals surface area contributed by atoms with Crippen molar-refractivity contribution in [2.75, 3.05) is 0 Å². The Labute approximate surface area is 160 Å². The van der Waals surface area contributed by atoms with E-state index in [9.17, 15) is 4.79 Å². The fourth-order valence-electron chi connectivity index (χ4n) is 2.68. The molecular formula is C18H19N9O.